The molecular weight excluding hydrogens is 592 g/mol. The molecule has 0 saturated carbocycles. The Hall–Kier alpha value is -5.76. The van der Waals surface area contributed by atoms with Gasteiger partial charge in [0.1, 0.15) is 12.4 Å². The highest BCUT2D eigenvalue weighted by Gasteiger charge is 2.24. The Morgan fingerprint density at radius 1 is 0.957 bits per heavy atom. The fraction of sp³-hybridized carbons (Fsp3) is 0.189. The summed E-state index contributed by atoms with van der Waals surface area (Å²) < 4.78 is 7.66. The molecule has 4 N–H and O–H groups in total. The first-order valence-corrected chi connectivity index (χ1v) is 15.3. The molecule has 1 aliphatic heterocycles. The molecule has 5 aromatic rings. The zero-order chi connectivity index (χ0) is 32.9. The standard InChI is InChI=1S/C37H34N6O4/c1-42-36(45)33(34(28-12-6-24(22-38)7-13-28)40-37(42)43-20-18-29(39)19-21-43)27-14-16-30(17-15-27)47-23-25-8-10-26(11-9-25)31-4-2-3-5-32(31)35(44)41-46/h2-17,29,46H,18-21,23,39H2,1H3,(H,41,44). The van der Waals surface area contributed by atoms with Crippen molar-refractivity contribution in [3.05, 3.63) is 124 Å². The van der Waals surface area contributed by atoms with Gasteiger partial charge in [0.15, 0.2) is 0 Å². The molecule has 0 unspecified atom stereocenters. The minimum Gasteiger partial charge on any atom is -0.489 e. The summed E-state index contributed by atoms with van der Waals surface area (Å²) in [5, 5.41) is 18.4. The molecule has 6 rings (SSSR count). The molecule has 1 fully saturated rings. The fourth-order valence-corrected chi connectivity index (χ4v) is 5.80. The minimum atomic E-state index is -0.572. The van der Waals surface area contributed by atoms with Crippen LogP contribution in [0.15, 0.2) is 102 Å². The summed E-state index contributed by atoms with van der Waals surface area (Å²) in [6.45, 7) is 1.75. The van der Waals surface area contributed by atoms with E-state index in [4.69, 9.17) is 20.7 Å². The normalized spacial score (nSPS) is 13.2. The number of hydroxylamine groups is 1. The van der Waals surface area contributed by atoms with Gasteiger partial charge in [-0.1, -0.05) is 66.7 Å². The first-order valence-electron chi connectivity index (χ1n) is 15.3. The van der Waals surface area contributed by atoms with Gasteiger partial charge in [-0.05, 0) is 65.4 Å². The molecule has 0 spiro atoms. The number of carbonyl (C=O) groups excluding carboxylic acids is 1. The molecule has 2 heterocycles. The van der Waals surface area contributed by atoms with Crippen LogP contribution < -0.4 is 26.4 Å². The van der Waals surface area contributed by atoms with Crippen LogP contribution >= 0.6 is 0 Å². The van der Waals surface area contributed by atoms with Gasteiger partial charge in [0.25, 0.3) is 11.5 Å². The molecule has 0 aliphatic carbocycles. The maximum atomic E-state index is 14.0. The van der Waals surface area contributed by atoms with E-state index in [1.54, 1.807) is 41.4 Å². The van der Waals surface area contributed by atoms with Gasteiger partial charge < -0.3 is 15.4 Å². The second-order valence-electron chi connectivity index (χ2n) is 11.5. The molecule has 4 aromatic carbocycles. The molecule has 1 aromatic heterocycles. The van der Waals surface area contributed by atoms with E-state index in [0.717, 1.165) is 42.6 Å². The maximum absolute atomic E-state index is 14.0. The fourth-order valence-electron chi connectivity index (χ4n) is 5.80. The number of hydrogen-bond donors (Lipinski definition) is 3. The van der Waals surface area contributed by atoms with Crippen LogP contribution in [0.2, 0.25) is 0 Å². The highest BCUT2D eigenvalue weighted by molar-refractivity contribution is 6.00. The van der Waals surface area contributed by atoms with Crippen LogP contribution in [0.3, 0.4) is 0 Å². The number of ether oxygens (including phenoxy) is 1. The van der Waals surface area contributed by atoms with Crippen LogP contribution in [0, 0.1) is 11.3 Å². The van der Waals surface area contributed by atoms with Crippen molar-refractivity contribution in [2.45, 2.75) is 25.5 Å². The molecule has 236 valence electrons. The SMILES string of the molecule is Cn1c(N2CCC(N)CC2)nc(-c2ccc(C#N)cc2)c(-c2ccc(OCc3ccc(-c4ccccc4C(=O)NO)cc3)cc2)c1=O. The number of nitrogens with two attached hydrogens (primary N) is 1. The van der Waals surface area contributed by atoms with Gasteiger partial charge >= 0.3 is 0 Å². The summed E-state index contributed by atoms with van der Waals surface area (Å²) >= 11 is 0. The average molecular weight is 627 g/mol. The first kappa shape index (κ1) is 31.2. The van der Waals surface area contributed by atoms with Gasteiger partial charge in [-0.2, -0.15) is 5.26 Å². The van der Waals surface area contributed by atoms with Crippen LogP contribution in [-0.4, -0.2) is 39.8 Å². The number of anilines is 1. The Balaban J connectivity index is 1.25. The smallest absolute Gasteiger partial charge is 0.275 e. The predicted octanol–water partition coefficient (Wildman–Crippen LogP) is 5.28. The number of amides is 1. The summed E-state index contributed by atoms with van der Waals surface area (Å²) in [6.07, 6.45) is 1.65. The number of hydrogen-bond acceptors (Lipinski definition) is 8. The number of aromatic nitrogens is 2. The Morgan fingerprint density at radius 3 is 2.26 bits per heavy atom. The van der Waals surface area contributed by atoms with E-state index in [1.165, 1.54) is 0 Å². The number of rotatable bonds is 8. The summed E-state index contributed by atoms with van der Waals surface area (Å²) in [4.78, 5) is 33.2. The van der Waals surface area contributed by atoms with E-state index in [1.807, 2.05) is 72.8 Å². The van der Waals surface area contributed by atoms with Crippen molar-refractivity contribution in [3.63, 3.8) is 0 Å². The Bertz CT molecular complexity index is 1990. The van der Waals surface area contributed by atoms with Gasteiger partial charge in [0.05, 0.1) is 22.9 Å². The van der Waals surface area contributed by atoms with Crippen molar-refractivity contribution in [1.29, 1.82) is 5.26 Å². The molecule has 1 amide bonds. The molecular formula is C37H34N6O4. The second-order valence-corrected chi connectivity index (χ2v) is 11.5. The Morgan fingerprint density at radius 2 is 1.60 bits per heavy atom. The number of nitrogens with one attached hydrogen (secondary N) is 1. The third-order valence-corrected chi connectivity index (χ3v) is 8.46. The van der Waals surface area contributed by atoms with E-state index in [2.05, 4.69) is 11.0 Å². The number of benzene rings is 4. The summed E-state index contributed by atoms with van der Waals surface area (Å²) in [7, 11) is 1.74. The lowest BCUT2D eigenvalue weighted by Gasteiger charge is -2.32. The molecule has 10 heteroatoms. The number of piperidine rings is 1. The van der Waals surface area contributed by atoms with E-state index in [0.29, 0.717) is 51.8 Å². The molecule has 0 radical (unpaired) electrons. The van der Waals surface area contributed by atoms with Crippen LogP contribution in [0.5, 0.6) is 5.75 Å². The van der Waals surface area contributed by atoms with Gasteiger partial charge in [0, 0.05) is 37.3 Å². The van der Waals surface area contributed by atoms with Gasteiger partial charge in [-0.15, -0.1) is 0 Å². The van der Waals surface area contributed by atoms with Crippen molar-refractivity contribution in [3.8, 4) is 45.3 Å². The van der Waals surface area contributed by atoms with Crippen molar-refractivity contribution >= 4 is 11.9 Å². The molecule has 1 aliphatic rings. The number of nitriles is 1. The highest BCUT2D eigenvalue weighted by Crippen LogP contribution is 2.32. The number of carbonyl (C=O) groups is 1. The maximum Gasteiger partial charge on any atom is 0.275 e. The quantitative estimate of drug-likeness (QED) is 0.156. The van der Waals surface area contributed by atoms with Crippen molar-refractivity contribution in [2.24, 2.45) is 12.8 Å². The third kappa shape index (κ3) is 6.63. The Kier molecular flexibility index (Phi) is 9.11. The van der Waals surface area contributed by atoms with Crippen LogP contribution in [0.4, 0.5) is 5.95 Å². The summed E-state index contributed by atoms with van der Waals surface area (Å²) in [5.41, 5.74) is 13.5. The summed E-state index contributed by atoms with van der Waals surface area (Å²) in [6, 6.07) is 31.5. The lowest BCUT2D eigenvalue weighted by atomic mass is 9.98. The zero-order valence-corrected chi connectivity index (χ0v) is 25.9. The Labute approximate surface area is 272 Å². The van der Waals surface area contributed by atoms with Crippen LogP contribution in [-0.2, 0) is 13.7 Å². The largest absolute Gasteiger partial charge is 0.489 e. The monoisotopic (exact) mass is 626 g/mol. The van der Waals surface area contributed by atoms with E-state index in [9.17, 15) is 14.9 Å². The van der Waals surface area contributed by atoms with Crippen LogP contribution in [0.25, 0.3) is 33.5 Å². The van der Waals surface area contributed by atoms with E-state index < -0.39 is 5.91 Å². The van der Waals surface area contributed by atoms with E-state index in [-0.39, 0.29) is 11.6 Å². The van der Waals surface area contributed by atoms with Crippen molar-refractivity contribution in [2.75, 3.05) is 18.0 Å². The number of nitrogens with zero attached hydrogens (tertiary/aromatic N) is 4. The highest BCUT2D eigenvalue weighted by atomic mass is 16.5. The van der Waals surface area contributed by atoms with Crippen molar-refractivity contribution in [1.82, 2.24) is 15.0 Å². The van der Waals surface area contributed by atoms with Gasteiger partial charge in [-0.25, -0.2) is 10.5 Å². The van der Waals surface area contributed by atoms with E-state index >= 15 is 0 Å². The summed E-state index contributed by atoms with van der Waals surface area (Å²) in [5.74, 6) is 0.655. The van der Waals surface area contributed by atoms with Crippen molar-refractivity contribution < 1.29 is 14.7 Å². The molecule has 1 saturated heterocycles. The second kappa shape index (κ2) is 13.7. The average Bonchev–Trinajstić information content (AvgIpc) is 3.12. The lowest BCUT2D eigenvalue weighted by Crippen LogP contribution is -2.42. The van der Waals surface area contributed by atoms with Crippen LogP contribution in [0.1, 0.15) is 34.3 Å². The topological polar surface area (TPSA) is 146 Å². The van der Waals surface area contributed by atoms with Gasteiger partial charge in [-0.3, -0.25) is 19.4 Å². The van der Waals surface area contributed by atoms with Gasteiger partial charge in [0.2, 0.25) is 5.95 Å². The minimum absolute atomic E-state index is 0.144. The molecule has 0 atom stereocenters. The molecule has 0 bridgehead atoms. The zero-order valence-electron chi connectivity index (χ0n) is 25.9. The predicted molar refractivity (Wildman–Crippen MR) is 180 cm³/mol. The molecule has 47 heavy (non-hydrogen) atoms. The molecule has 10 nitrogen and oxygen atoms in total. The lowest BCUT2D eigenvalue weighted by molar-refractivity contribution is 0.0707. The first-order chi connectivity index (χ1) is 22.9. The third-order valence-electron chi connectivity index (χ3n) is 8.46.